The summed E-state index contributed by atoms with van der Waals surface area (Å²) in [6.45, 7) is 4.65. The first-order chi connectivity index (χ1) is 15.7. The van der Waals surface area contributed by atoms with Gasteiger partial charge in [-0.25, -0.2) is 19.0 Å². The summed E-state index contributed by atoms with van der Waals surface area (Å²) in [4.78, 5) is 22.7. The van der Waals surface area contributed by atoms with E-state index >= 15 is 0 Å². The highest BCUT2D eigenvalue weighted by molar-refractivity contribution is 8.28. The van der Waals surface area contributed by atoms with Crippen molar-refractivity contribution in [1.82, 2.24) is 29.0 Å². The predicted octanol–water partition coefficient (Wildman–Crippen LogP) is 3.45. The highest BCUT2D eigenvalue weighted by Gasteiger charge is 2.50. The summed E-state index contributed by atoms with van der Waals surface area (Å²) in [6.07, 6.45) is 8.57. The number of aliphatic imine (C=N–C) groups is 1. The van der Waals surface area contributed by atoms with E-state index in [1.165, 1.54) is 41.1 Å². The van der Waals surface area contributed by atoms with Crippen molar-refractivity contribution in [3.8, 4) is 5.69 Å². The van der Waals surface area contributed by atoms with E-state index in [0.717, 1.165) is 34.2 Å². The Hall–Kier alpha value is -2.34. The van der Waals surface area contributed by atoms with Crippen LogP contribution in [0.25, 0.3) is 5.69 Å². The number of nitrogens with zero attached hydrogens (tertiary/aromatic N) is 6. The molecule has 1 N–H and O–H groups in total. The Balaban J connectivity index is 1.36. The maximum absolute atomic E-state index is 13.4. The lowest BCUT2D eigenvalue weighted by atomic mass is 9.85. The topological polar surface area (TPSA) is 80.3 Å². The Morgan fingerprint density at radius 1 is 1.30 bits per heavy atom. The predicted molar refractivity (Wildman–Crippen MR) is 130 cm³/mol. The number of hydrogen-bond acceptors (Lipinski definition) is 7. The molecule has 174 valence electrons. The highest BCUT2D eigenvalue weighted by Crippen LogP contribution is 2.55. The summed E-state index contributed by atoms with van der Waals surface area (Å²) in [5.41, 5.74) is 2.41. The summed E-state index contributed by atoms with van der Waals surface area (Å²) in [5, 5.41) is 10.4. The zero-order valence-electron chi connectivity index (χ0n) is 18.7. The minimum absolute atomic E-state index is 0.140. The molecule has 1 unspecified atom stereocenters. The lowest BCUT2D eigenvalue weighted by Gasteiger charge is -2.47. The van der Waals surface area contributed by atoms with Crippen molar-refractivity contribution in [3.63, 3.8) is 0 Å². The van der Waals surface area contributed by atoms with Gasteiger partial charge in [-0.05, 0) is 52.6 Å². The Bertz CT molecular complexity index is 1310. The van der Waals surface area contributed by atoms with Crippen molar-refractivity contribution in [2.45, 2.75) is 61.7 Å². The summed E-state index contributed by atoms with van der Waals surface area (Å²) < 4.78 is 18.8. The number of fused-ring (bicyclic) bond motifs is 3. The van der Waals surface area contributed by atoms with Crippen LogP contribution in [-0.2, 0) is 0 Å². The zero-order chi connectivity index (χ0) is 23.0. The van der Waals surface area contributed by atoms with Crippen molar-refractivity contribution in [3.05, 3.63) is 52.4 Å². The Labute approximate surface area is 197 Å². The van der Waals surface area contributed by atoms with Crippen LogP contribution in [0.3, 0.4) is 0 Å². The molecule has 4 atom stereocenters. The van der Waals surface area contributed by atoms with Gasteiger partial charge in [-0.2, -0.15) is 5.10 Å². The number of rotatable bonds is 3. The second kappa shape index (κ2) is 7.33. The normalized spacial score (nSPS) is 31.7. The molecule has 0 aliphatic carbocycles. The van der Waals surface area contributed by atoms with Gasteiger partial charge in [0, 0.05) is 29.4 Å². The number of thiazole rings is 1. The Kier molecular flexibility index (Phi) is 4.71. The molecule has 0 amide bonds. The second-order valence-electron chi connectivity index (χ2n) is 9.78. The van der Waals surface area contributed by atoms with Gasteiger partial charge in [-0.3, -0.25) is 13.7 Å². The molecule has 3 aliphatic rings. The van der Waals surface area contributed by atoms with Crippen LogP contribution in [0, 0.1) is 5.82 Å². The summed E-state index contributed by atoms with van der Waals surface area (Å²) in [6, 6.07) is 3.60. The second-order valence-corrected chi connectivity index (χ2v) is 12.7. The average Bonchev–Trinajstić information content (AvgIpc) is 3.50. The molecule has 0 aromatic carbocycles. The van der Waals surface area contributed by atoms with Gasteiger partial charge in [0.25, 0.3) is 5.56 Å². The van der Waals surface area contributed by atoms with Crippen LogP contribution in [0.15, 0.2) is 51.0 Å². The van der Waals surface area contributed by atoms with Crippen LogP contribution < -0.4 is 10.9 Å². The van der Waals surface area contributed by atoms with E-state index in [2.05, 4.69) is 40.6 Å². The molecular weight excluding hydrogens is 461 g/mol. The first-order valence-electron chi connectivity index (χ1n) is 11.0. The summed E-state index contributed by atoms with van der Waals surface area (Å²) in [7, 11) is 2.16. The fourth-order valence-corrected chi connectivity index (χ4v) is 8.95. The van der Waals surface area contributed by atoms with Crippen LogP contribution in [0.4, 0.5) is 9.39 Å². The van der Waals surface area contributed by atoms with Gasteiger partial charge in [0.2, 0.25) is 0 Å². The molecule has 3 aromatic rings. The van der Waals surface area contributed by atoms with E-state index in [-0.39, 0.29) is 16.6 Å². The molecule has 11 heteroatoms. The van der Waals surface area contributed by atoms with Crippen LogP contribution in [0.1, 0.15) is 39.5 Å². The van der Waals surface area contributed by atoms with Gasteiger partial charge in [-0.15, -0.1) is 11.3 Å². The van der Waals surface area contributed by atoms with Crippen molar-refractivity contribution in [2.75, 3.05) is 7.05 Å². The molecule has 2 fully saturated rings. The number of pyridine rings is 1. The highest BCUT2D eigenvalue weighted by atomic mass is 32.2. The molecule has 8 nitrogen and oxygen atoms in total. The third kappa shape index (κ3) is 3.49. The number of piperidine rings is 1. The quantitative estimate of drug-likeness (QED) is 0.553. The van der Waals surface area contributed by atoms with Gasteiger partial charge in [0.05, 0.1) is 23.6 Å². The molecule has 3 aromatic heterocycles. The molecule has 2 bridgehead atoms. The third-order valence-corrected chi connectivity index (χ3v) is 10.4. The van der Waals surface area contributed by atoms with Crippen LogP contribution in [0.5, 0.6) is 0 Å². The molecule has 0 spiro atoms. The van der Waals surface area contributed by atoms with Crippen LogP contribution in [0.2, 0.25) is 0 Å². The SMILES string of the molecule is CN([C@H]1C[C@]2(C)CC[C@](C)(C1)N2)[SH]1C(n2ccc(-n3cc(F)cn3)cc2=O)=Nc2scnc21. The third-order valence-electron chi connectivity index (χ3n) is 7.10. The van der Waals surface area contributed by atoms with E-state index < -0.39 is 16.9 Å². The molecule has 0 saturated carbocycles. The number of hydrogen-bond donors (Lipinski definition) is 2. The lowest BCUT2D eigenvalue weighted by molar-refractivity contribution is 0.160. The minimum Gasteiger partial charge on any atom is -0.306 e. The van der Waals surface area contributed by atoms with Gasteiger partial charge in [-0.1, -0.05) is 11.1 Å². The Morgan fingerprint density at radius 2 is 2.06 bits per heavy atom. The molecule has 33 heavy (non-hydrogen) atoms. The first kappa shape index (κ1) is 21.2. The van der Waals surface area contributed by atoms with Gasteiger partial charge < -0.3 is 5.32 Å². The van der Waals surface area contributed by atoms with Crippen molar-refractivity contribution >= 4 is 32.6 Å². The van der Waals surface area contributed by atoms with E-state index in [1.54, 1.807) is 16.8 Å². The number of thiol groups is 1. The van der Waals surface area contributed by atoms with E-state index in [9.17, 15) is 9.18 Å². The van der Waals surface area contributed by atoms with Crippen LogP contribution in [-0.4, -0.2) is 53.0 Å². The van der Waals surface area contributed by atoms with Crippen molar-refractivity contribution in [1.29, 1.82) is 0 Å². The smallest absolute Gasteiger partial charge is 0.258 e. The number of nitrogens with one attached hydrogen (secondary N) is 1. The average molecular weight is 488 g/mol. The molecule has 6 rings (SSSR count). The summed E-state index contributed by atoms with van der Waals surface area (Å²) >= 11 is 0.463. The van der Waals surface area contributed by atoms with Gasteiger partial charge in [0.1, 0.15) is 5.03 Å². The summed E-state index contributed by atoms with van der Waals surface area (Å²) in [5.74, 6) is -0.446. The molecule has 6 heterocycles. The van der Waals surface area contributed by atoms with E-state index in [1.807, 2.05) is 5.51 Å². The first-order valence-corrected chi connectivity index (χ1v) is 13.2. The van der Waals surface area contributed by atoms with Gasteiger partial charge >= 0.3 is 0 Å². The minimum atomic E-state index is -1.04. The maximum atomic E-state index is 13.4. The zero-order valence-corrected chi connectivity index (χ0v) is 20.4. The monoisotopic (exact) mass is 487 g/mol. The fourth-order valence-electron chi connectivity index (χ4n) is 5.60. The fraction of sp³-hybridized carbons (Fsp3) is 0.455. The molecule has 2 saturated heterocycles. The largest absolute Gasteiger partial charge is 0.306 e. The van der Waals surface area contributed by atoms with Crippen molar-refractivity contribution in [2.24, 2.45) is 4.99 Å². The van der Waals surface area contributed by atoms with Crippen molar-refractivity contribution < 1.29 is 4.39 Å². The molecule has 0 radical (unpaired) electrons. The molecule has 3 aliphatic heterocycles. The number of aromatic nitrogens is 4. The van der Waals surface area contributed by atoms with Gasteiger partial charge in [0.15, 0.2) is 16.0 Å². The Morgan fingerprint density at radius 3 is 2.73 bits per heavy atom. The van der Waals surface area contributed by atoms with E-state index in [0.29, 0.717) is 11.7 Å². The van der Waals surface area contributed by atoms with E-state index in [4.69, 9.17) is 4.99 Å². The lowest BCUT2D eigenvalue weighted by Crippen LogP contribution is -2.58. The molecular formula is C22H26FN7OS2. The number of halogens is 1. The van der Waals surface area contributed by atoms with Crippen LogP contribution >= 0.6 is 22.4 Å². The standard InChI is InChI=1S/C22H26FN7OS2/c1-21-5-6-22(2,27-21)10-16(9-21)28(3)33-19-18(32-13-24-19)26-20(33)29-7-4-15(8-17(29)31)30-12-14(23)11-25-30/h4,7-8,11-13,16,27,33H,5-6,9-10H2,1-3H3/t16-,21-,22+. The maximum Gasteiger partial charge on any atom is 0.258 e.